The zero-order valence-corrected chi connectivity index (χ0v) is 22.5. The Morgan fingerprint density at radius 2 is 1.92 bits per heavy atom. The van der Waals surface area contributed by atoms with Crippen molar-refractivity contribution in [1.82, 2.24) is 4.98 Å². The molecule has 38 heavy (non-hydrogen) atoms. The monoisotopic (exact) mass is 544 g/mol. The maximum absolute atomic E-state index is 14.5. The van der Waals surface area contributed by atoms with E-state index in [-0.39, 0.29) is 22.4 Å². The van der Waals surface area contributed by atoms with Crippen LogP contribution in [0.4, 0.5) is 13.9 Å². The number of carboxylic acid groups (broad SMARTS) is 1. The van der Waals surface area contributed by atoms with Gasteiger partial charge in [-0.15, -0.1) is 11.3 Å². The summed E-state index contributed by atoms with van der Waals surface area (Å²) in [5.41, 5.74) is 1.15. The number of carbonyl (C=O) groups excluding carboxylic acids is 1. The molecule has 7 nitrogen and oxygen atoms in total. The fourth-order valence-corrected chi connectivity index (χ4v) is 4.50. The molecule has 0 aliphatic carbocycles. The molecule has 1 aromatic heterocycles. The summed E-state index contributed by atoms with van der Waals surface area (Å²) in [4.78, 5) is 28.2. The van der Waals surface area contributed by atoms with Gasteiger partial charge in [-0.3, -0.25) is 10.1 Å². The van der Waals surface area contributed by atoms with Crippen LogP contribution in [0.15, 0.2) is 41.3 Å². The van der Waals surface area contributed by atoms with Gasteiger partial charge < -0.3 is 14.6 Å². The van der Waals surface area contributed by atoms with Crippen molar-refractivity contribution >= 4 is 34.4 Å². The number of rotatable bonds is 12. The second kappa shape index (κ2) is 13.3. The van der Waals surface area contributed by atoms with Gasteiger partial charge in [0.1, 0.15) is 17.4 Å². The first-order valence-electron chi connectivity index (χ1n) is 12.2. The van der Waals surface area contributed by atoms with Crippen molar-refractivity contribution in [3.05, 3.63) is 69.6 Å². The summed E-state index contributed by atoms with van der Waals surface area (Å²) in [5.74, 6) is -3.54. The van der Waals surface area contributed by atoms with Crippen molar-refractivity contribution in [2.75, 3.05) is 19.0 Å². The van der Waals surface area contributed by atoms with Crippen molar-refractivity contribution in [3.8, 4) is 17.0 Å². The molecule has 0 spiro atoms. The number of nitrogens with one attached hydrogen (secondary N) is 1. The first-order valence-corrected chi connectivity index (χ1v) is 13.0. The Labute approximate surface area is 224 Å². The predicted molar refractivity (Wildman–Crippen MR) is 144 cm³/mol. The van der Waals surface area contributed by atoms with Crippen molar-refractivity contribution in [3.63, 3.8) is 0 Å². The Bertz CT molecular complexity index is 1320. The maximum Gasteiger partial charge on any atom is 0.331 e. The van der Waals surface area contributed by atoms with E-state index < -0.39 is 29.1 Å². The molecule has 1 unspecified atom stereocenters. The number of thiazole rings is 1. The van der Waals surface area contributed by atoms with Gasteiger partial charge in [0.25, 0.3) is 5.91 Å². The van der Waals surface area contributed by atoms with E-state index in [1.807, 2.05) is 25.1 Å². The minimum absolute atomic E-state index is 0.142. The van der Waals surface area contributed by atoms with E-state index in [0.29, 0.717) is 18.1 Å². The quantitative estimate of drug-likeness (QED) is 0.186. The summed E-state index contributed by atoms with van der Waals surface area (Å²) in [6.07, 6.45) is 3.49. The molecule has 0 radical (unpaired) electrons. The number of anilines is 1. The van der Waals surface area contributed by atoms with Crippen LogP contribution in [0.5, 0.6) is 5.75 Å². The molecular formula is C28H30F2N2O5S. The zero-order chi connectivity index (χ0) is 27.8. The fourth-order valence-electron chi connectivity index (χ4n) is 3.79. The number of para-hydroxylation sites is 1. The number of halogens is 2. The van der Waals surface area contributed by atoms with Crippen LogP contribution < -0.4 is 10.1 Å². The number of methoxy groups -OCH3 is 1. The molecule has 0 aliphatic rings. The first-order chi connectivity index (χ1) is 18.2. The lowest BCUT2D eigenvalue weighted by molar-refractivity contribution is -0.132. The van der Waals surface area contributed by atoms with Crippen LogP contribution in [0.1, 0.15) is 67.6 Å². The first kappa shape index (κ1) is 28.9. The molecule has 10 heteroatoms. The molecule has 0 fully saturated rings. The number of carboxylic acids is 1. The van der Waals surface area contributed by atoms with Crippen LogP contribution in [-0.2, 0) is 9.53 Å². The number of hydrogen-bond acceptors (Lipinski definition) is 6. The number of carbonyl (C=O) groups is 2. The van der Waals surface area contributed by atoms with E-state index >= 15 is 0 Å². The van der Waals surface area contributed by atoms with Crippen molar-refractivity contribution in [1.29, 1.82) is 0 Å². The SMILES string of the molecule is CCCCOC(CC)c1cccc(-c2csc(NC(=O)c3cc(F)c(C=C(C)C(=O)O)c(F)c3)n2)c1OC. The van der Waals surface area contributed by atoms with E-state index in [4.69, 9.17) is 14.6 Å². The third kappa shape index (κ3) is 6.81. The number of hydrogen-bond donors (Lipinski definition) is 2. The zero-order valence-electron chi connectivity index (χ0n) is 21.6. The lowest BCUT2D eigenvalue weighted by Gasteiger charge is -2.20. The van der Waals surface area contributed by atoms with Gasteiger partial charge >= 0.3 is 5.97 Å². The number of aromatic nitrogens is 1. The summed E-state index contributed by atoms with van der Waals surface area (Å²) in [6, 6.07) is 7.41. The van der Waals surface area contributed by atoms with Gasteiger partial charge in [-0.05, 0) is 44.0 Å². The molecule has 1 amide bonds. The summed E-state index contributed by atoms with van der Waals surface area (Å²) in [5, 5.41) is 13.5. The number of nitrogens with zero attached hydrogens (tertiary/aromatic N) is 1. The summed E-state index contributed by atoms with van der Waals surface area (Å²) >= 11 is 1.15. The molecule has 2 N–H and O–H groups in total. The van der Waals surface area contributed by atoms with Crippen LogP contribution in [-0.4, -0.2) is 35.7 Å². The summed E-state index contributed by atoms with van der Waals surface area (Å²) in [7, 11) is 1.58. The molecule has 3 aromatic rings. The second-order valence-electron chi connectivity index (χ2n) is 8.53. The number of aliphatic carboxylic acids is 1. The molecule has 3 rings (SSSR count). The van der Waals surface area contributed by atoms with Gasteiger partial charge in [-0.2, -0.15) is 0 Å². The average molecular weight is 545 g/mol. The highest BCUT2D eigenvalue weighted by atomic mass is 32.1. The van der Waals surface area contributed by atoms with Crippen molar-refractivity contribution in [2.24, 2.45) is 0 Å². The Kier molecular flexibility index (Phi) is 10.1. The minimum Gasteiger partial charge on any atom is -0.496 e. The lowest BCUT2D eigenvalue weighted by Crippen LogP contribution is -2.13. The van der Waals surface area contributed by atoms with E-state index in [9.17, 15) is 18.4 Å². The molecular weight excluding hydrogens is 514 g/mol. The molecule has 2 aromatic carbocycles. The molecule has 202 valence electrons. The number of benzene rings is 2. The largest absolute Gasteiger partial charge is 0.496 e. The van der Waals surface area contributed by atoms with Gasteiger partial charge in [-0.25, -0.2) is 18.6 Å². The van der Waals surface area contributed by atoms with Crippen molar-refractivity contribution in [2.45, 2.75) is 46.1 Å². The van der Waals surface area contributed by atoms with Crippen LogP contribution >= 0.6 is 11.3 Å². The van der Waals surface area contributed by atoms with E-state index in [0.717, 1.165) is 59.9 Å². The normalized spacial score (nSPS) is 12.3. The molecule has 0 bridgehead atoms. The highest BCUT2D eigenvalue weighted by molar-refractivity contribution is 7.14. The smallest absolute Gasteiger partial charge is 0.331 e. The van der Waals surface area contributed by atoms with Gasteiger partial charge in [0.15, 0.2) is 5.13 Å². The van der Waals surface area contributed by atoms with Crippen LogP contribution in [0.3, 0.4) is 0 Å². The number of ether oxygens (including phenoxy) is 2. The average Bonchev–Trinajstić information content (AvgIpc) is 3.36. The molecule has 0 saturated heterocycles. The van der Waals surface area contributed by atoms with E-state index in [1.165, 1.54) is 6.92 Å². The van der Waals surface area contributed by atoms with Gasteiger partial charge in [0.05, 0.1) is 18.9 Å². The van der Waals surface area contributed by atoms with E-state index in [2.05, 4.69) is 17.2 Å². The Balaban J connectivity index is 1.84. The third-order valence-electron chi connectivity index (χ3n) is 5.82. The Morgan fingerprint density at radius 1 is 1.21 bits per heavy atom. The standard InChI is InChI=1S/C28H30F2N2O5S/c1-5-7-11-37-24(6-2)19-10-8-9-18(25(19)36-4)23-15-38-28(31-23)32-26(33)17-13-21(29)20(22(30)14-17)12-16(3)27(34)35/h8-10,12-15,24H,5-7,11H2,1-4H3,(H,34,35)(H,31,32,33). The summed E-state index contributed by atoms with van der Waals surface area (Å²) in [6.45, 7) is 6.01. The molecule has 1 heterocycles. The van der Waals surface area contributed by atoms with Crippen LogP contribution in [0.2, 0.25) is 0 Å². The lowest BCUT2D eigenvalue weighted by atomic mass is 10.0. The second-order valence-corrected chi connectivity index (χ2v) is 9.39. The van der Waals surface area contributed by atoms with Gasteiger partial charge in [-0.1, -0.05) is 32.4 Å². The van der Waals surface area contributed by atoms with Crippen LogP contribution in [0, 0.1) is 11.6 Å². The predicted octanol–water partition coefficient (Wildman–Crippen LogP) is 7.10. The Morgan fingerprint density at radius 3 is 2.53 bits per heavy atom. The highest BCUT2D eigenvalue weighted by Gasteiger charge is 2.21. The van der Waals surface area contributed by atoms with Crippen molar-refractivity contribution < 1.29 is 33.0 Å². The minimum atomic E-state index is -1.30. The molecule has 0 saturated carbocycles. The number of unbranched alkanes of at least 4 members (excludes halogenated alkanes) is 1. The molecule has 0 aliphatic heterocycles. The fraction of sp³-hybridized carbons (Fsp3) is 0.321. The topological polar surface area (TPSA) is 97.8 Å². The Hall–Kier alpha value is -3.63. The maximum atomic E-state index is 14.5. The van der Waals surface area contributed by atoms with Gasteiger partial charge in [0.2, 0.25) is 0 Å². The third-order valence-corrected chi connectivity index (χ3v) is 6.58. The van der Waals surface area contributed by atoms with Crippen LogP contribution in [0.25, 0.3) is 17.3 Å². The highest BCUT2D eigenvalue weighted by Crippen LogP contribution is 2.39. The van der Waals surface area contributed by atoms with Gasteiger partial charge in [0, 0.05) is 39.8 Å². The van der Waals surface area contributed by atoms with E-state index in [1.54, 1.807) is 12.5 Å². The molecule has 1 atom stereocenters. The number of amides is 1. The summed E-state index contributed by atoms with van der Waals surface area (Å²) < 4.78 is 40.8.